The summed E-state index contributed by atoms with van der Waals surface area (Å²) < 4.78 is 5.16. The molecule has 0 bridgehead atoms. The Morgan fingerprint density at radius 1 is 1.50 bits per heavy atom. The van der Waals surface area contributed by atoms with Gasteiger partial charge in [-0.25, -0.2) is 0 Å². The smallest absolute Gasteiger partial charge is 0.234 e. The molecule has 6 nitrogen and oxygen atoms in total. The Balaban J connectivity index is 1.71. The molecule has 1 unspecified atom stereocenters. The standard InChI is InChI=1S/C14H21N3O3/c1-11(18)16-12-4-2-6-17(9-12)10-14(19)15-8-13-5-3-7-20-13/h3,5,7,12H,2,4,6,8-10H2,1H3,(H,15,19)(H,16,18). The third kappa shape index (κ3) is 4.70. The maximum atomic E-state index is 11.9. The molecule has 2 heterocycles. The van der Waals surface area contributed by atoms with E-state index in [0.717, 1.165) is 31.7 Å². The van der Waals surface area contributed by atoms with Crippen LogP contribution in [0, 0.1) is 0 Å². The minimum Gasteiger partial charge on any atom is -0.467 e. The number of hydrogen-bond acceptors (Lipinski definition) is 4. The van der Waals surface area contributed by atoms with Gasteiger partial charge in [-0.15, -0.1) is 0 Å². The number of carbonyl (C=O) groups is 2. The quantitative estimate of drug-likeness (QED) is 0.823. The van der Waals surface area contributed by atoms with Crippen LogP contribution in [0.2, 0.25) is 0 Å². The molecule has 0 aromatic carbocycles. The zero-order valence-corrected chi connectivity index (χ0v) is 11.7. The fourth-order valence-corrected chi connectivity index (χ4v) is 2.46. The molecule has 1 fully saturated rings. The highest BCUT2D eigenvalue weighted by Crippen LogP contribution is 2.09. The van der Waals surface area contributed by atoms with E-state index in [1.165, 1.54) is 6.92 Å². The van der Waals surface area contributed by atoms with Crippen molar-refractivity contribution < 1.29 is 14.0 Å². The Morgan fingerprint density at radius 3 is 3.05 bits per heavy atom. The van der Waals surface area contributed by atoms with E-state index in [9.17, 15) is 9.59 Å². The molecule has 1 aromatic heterocycles. The third-order valence-corrected chi connectivity index (χ3v) is 3.32. The highest BCUT2D eigenvalue weighted by molar-refractivity contribution is 5.78. The number of rotatable bonds is 5. The lowest BCUT2D eigenvalue weighted by atomic mass is 10.1. The summed E-state index contributed by atoms with van der Waals surface area (Å²) in [5.41, 5.74) is 0. The number of piperidine rings is 1. The van der Waals surface area contributed by atoms with E-state index < -0.39 is 0 Å². The van der Waals surface area contributed by atoms with Gasteiger partial charge < -0.3 is 15.1 Å². The summed E-state index contributed by atoms with van der Waals surface area (Å²) in [7, 11) is 0. The summed E-state index contributed by atoms with van der Waals surface area (Å²) >= 11 is 0. The fraction of sp³-hybridized carbons (Fsp3) is 0.571. The Hall–Kier alpha value is -1.82. The third-order valence-electron chi connectivity index (χ3n) is 3.32. The molecule has 2 amide bonds. The highest BCUT2D eigenvalue weighted by Gasteiger charge is 2.21. The first-order valence-corrected chi connectivity index (χ1v) is 6.92. The van der Waals surface area contributed by atoms with Crippen LogP contribution >= 0.6 is 0 Å². The lowest BCUT2D eigenvalue weighted by Crippen LogP contribution is -2.49. The molecule has 1 atom stereocenters. The van der Waals surface area contributed by atoms with Gasteiger partial charge in [0.1, 0.15) is 5.76 Å². The number of amides is 2. The van der Waals surface area contributed by atoms with Crippen LogP contribution in [0.25, 0.3) is 0 Å². The van der Waals surface area contributed by atoms with Crippen molar-refractivity contribution in [2.75, 3.05) is 19.6 Å². The van der Waals surface area contributed by atoms with Crippen LogP contribution in [-0.2, 0) is 16.1 Å². The first-order valence-electron chi connectivity index (χ1n) is 6.92. The average Bonchev–Trinajstić information content (AvgIpc) is 2.89. The molecule has 1 aliphatic heterocycles. The van der Waals surface area contributed by atoms with Crippen molar-refractivity contribution in [3.8, 4) is 0 Å². The molecule has 110 valence electrons. The Kier molecular flexibility index (Phi) is 5.17. The van der Waals surface area contributed by atoms with Crippen LogP contribution in [-0.4, -0.2) is 42.4 Å². The predicted molar refractivity (Wildman–Crippen MR) is 73.8 cm³/mol. The zero-order valence-electron chi connectivity index (χ0n) is 11.7. The molecule has 2 N–H and O–H groups in total. The molecule has 6 heteroatoms. The molecule has 0 spiro atoms. The number of likely N-dealkylation sites (tertiary alicyclic amines) is 1. The Bertz CT molecular complexity index is 445. The van der Waals surface area contributed by atoms with Crippen molar-refractivity contribution in [2.45, 2.75) is 32.4 Å². The molecular weight excluding hydrogens is 258 g/mol. The van der Waals surface area contributed by atoms with Gasteiger partial charge >= 0.3 is 0 Å². The monoisotopic (exact) mass is 279 g/mol. The van der Waals surface area contributed by atoms with Crippen molar-refractivity contribution in [1.82, 2.24) is 15.5 Å². The topological polar surface area (TPSA) is 74.6 Å². The van der Waals surface area contributed by atoms with E-state index >= 15 is 0 Å². The maximum Gasteiger partial charge on any atom is 0.234 e. The second kappa shape index (κ2) is 7.09. The van der Waals surface area contributed by atoms with Gasteiger partial charge in [0, 0.05) is 19.5 Å². The van der Waals surface area contributed by atoms with Crippen LogP contribution in [0.15, 0.2) is 22.8 Å². The van der Waals surface area contributed by atoms with Gasteiger partial charge in [-0.1, -0.05) is 0 Å². The van der Waals surface area contributed by atoms with E-state index in [2.05, 4.69) is 15.5 Å². The maximum absolute atomic E-state index is 11.9. The number of nitrogens with zero attached hydrogens (tertiary/aromatic N) is 1. The molecule has 2 rings (SSSR count). The minimum atomic E-state index is -0.0233. The van der Waals surface area contributed by atoms with Gasteiger partial charge in [-0.2, -0.15) is 0 Å². The van der Waals surface area contributed by atoms with E-state index in [4.69, 9.17) is 4.42 Å². The summed E-state index contributed by atoms with van der Waals surface area (Å²) in [6.07, 6.45) is 3.56. The summed E-state index contributed by atoms with van der Waals surface area (Å²) in [5, 5.41) is 5.74. The lowest BCUT2D eigenvalue weighted by molar-refractivity contribution is -0.122. The average molecular weight is 279 g/mol. The molecule has 1 aliphatic rings. The first-order chi connectivity index (χ1) is 9.63. The summed E-state index contributed by atoms with van der Waals surface area (Å²) in [6.45, 7) is 3.92. The van der Waals surface area contributed by atoms with E-state index in [-0.39, 0.29) is 17.9 Å². The minimum absolute atomic E-state index is 0.0147. The van der Waals surface area contributed by atoms with Crippen molar-refractivity contribution >= 4 is 11.8 Å². The van der Waals surface area contributed by atoms with E-state index in [1.807, 2.05) is 6.07 Å². The van der Waals surface area contributed by atoms with Gasteiger partial charge in [-0.3, -0.25) is 14.5 Å². The van der Waals surface area contributed by atoms with Gasteiger partial charge in [0.15, 0.2) is 0 Å². The summed E-state index contributed by atoms with van der Waals surface area (Å²) in [6, 6.07) is 3.78. The number of hydrogen-bond donors (Lipinski definition) is 2. The Labute approximate surface area is 118 Å². The number of carbonyl (C=O) groups excluding carboxylic acids is 2. The van der Waals surface area contributed by atoms with Gasteiger partial charge in [0.2, 0.25) is 11.8 Å². The molecule has 1 aromatic rings. The molecule has 0 saturated carbocycles. The van der Waals surface area contributed by atoms with Crippen molar-refractivity contribution in [3.63, 3.8) is 0 Å². The second-order valence-electron chi connectivity index (χ2n) is 5.13. The summed E-state index contributed by atoms with van der Waals surface area (Å²) in [5.74, 6) is 0.706. The fourth-order valence-electron chi connectivity index (χ4n) is 2.46. The molecule has 0 aliphatic carbocycles. The molecule has 1 saturated heterocycles. The molecular formula is C14H21N3O3. The second-order valence-corrected chi connectivity index (χ2v) is 5.13. The largest absolute Gasteiger partial charge is 0.467 e. The van der Waals surface area contributed by atoms with Crippen molar-refractivity contribution in [3.05, 3.63) is 24.2 Å². The van der Waals surface area contributed by atoms with Crippen molar-refractivity contribution in [2.24, 2.45) is 0 Å². The summed E-state index contributed by atoms with van der Waals surface area (Å²) in [4.78, 5) is 25.0. The van der Waals surface area contributed by atoms with Crippen LogP contribution in [0.1, 0.15) is 25.5 Å². The van der Waals surface area contributed by atoms with Gasteiger partial charge in [0.25, 0.3) is 0 Å². The van der Waals surface area contributed by atoms with Gasteiger partial charge in [-0.05, 0) is 31.5 Å². The van der Waals surface area contributed by atoms with Crippen LogP contribution < -0.4 is 10.6 Å². The predicted octanol–water partition coefficient (Wildman–Crippen LogP) is 0.496. The van der Waals surface area contributed by atoms with Gasteiger partial charge in [0.05, 0.1) is 19.4 Å². The molecule has 20 heavy (non-hydrogen) atoms. The zero-order chi connectivity index (χ0) is 14.4. The first kappa shape index (κ1) is 14.6. The number of furan rings is 1. The van der Waals surface area contributed by atoms with E-state index in [1.54, 1.807) is 12.3 Å². The van der Waals surface area contributed by atoms with Crippen LogP contribution in [0.4, 0.5) is 0 Å². The highest BCUT2D eigenvalue weighted by atomic mass is 16.3. The SMILES string of the molecule is CC(=O)NC1CCCN(CC(=O)NCc2ccco2)C1. The van der Waals surface area contributed by atoms with Crippen LogP contribution in [0.5, 0.6) is 0 Å². The Morgan fingerprint density at radius 2 is 2.35 bits per heavy atom. The van der Waals surface area contributed by atoms with Crippen LogP contribution in [0.3, 0.4) is 0 Å². The lowest BCUT2D eigenvalue weighted by Gasteiger charge is -2.32. The normalized spacial score (nSPS) is 19.6. The van der Waals surface area contributed by atoms with E-state index in [0.29, 0.717) is 13.1 Å². The molecule has 0 radical (unpaired) electrons. The van der Waals surface area contributed by atoms with Crippen molar-refractivity contribution in [1.29, 1.82) is 0 Å². The number of nitrogens with one attached hydrogen (secondary N) is 2.